The number of likely N-dealkylation sites (tertiary alicyclic amines) is 1. The quantitative estimate of drug-likeness (QED) is 0.922. The molecule has 1 N–H and O–H groups in total. The van der Waals surface area contributed by atoms with Gasteiger partial charge in [0.15, 0.2) is 0 Å². The van der Waals surface area contributed by atoms with Crippen LogP contribution in [0.2, 0.25) is 0 Å². The Morgan fingerprint density at radius 2 is 2.05 bits per heavy atom. The molecule has 0 radical (unpaired) electrons. The number of aliphatic hydroxyl groups excluding tert-OH is 1. The van der Waals surface area contributed by atoms with E-state index in [1.807, 2.05) is 29.1 Å². The van der Waals surface area contributed by atoms with Gasteiger partial charge in [0.05, 0.1) is 6.10 Å². The zero-order chi connectivity index (χ0) is 15.5. The molecule has 1 aliphatic heterocycles. The van der Waals surface area contributed by atoms with E-state index < -0.39 is 0 Å². The van der Waals surface area contributed by atoms with E-state index >= 15 is 0 Å². The normalized spacial score (nSPS) is 22.3. The Morgan fingerprint density at radius 1 is 1.27 bits per heavy atom. The third-order valence-electron chi connectivity index (χ3n) is 4.40. The number of halogens is 1. The van der Waals surface area contributed by atoms with Crippen molar-refractivity contribution in [3.63, 3.8) is 0 Å². The highest BCUT2D eigenvalue weighted by atomic mass is 19.1. The lowest BCUT2D eigenvalue weighted by Crippen LogP contribution is -2.27. The Labute approximate surface area is 130 Å². The number of rotatable bonds is 5. The molecule has 0 unspecified atom stereocenters. The summed E-state index contributed by atoms with van der Waals surface area (Å²) in [6.45, 7) is 4.48. The molecule has 0 amide bonds. The van der Waals surface area contributed by atoms with Crippen molar-refractivity contribution in [2.45, 2.75) is 38.5 Å². The lowest BCUT2D eigenvalue weighted by molar-refractivity contribution is 0.175. The Balaban J connectivity index is 1.69. The molecule has 2 heterocycles. The zero-order valence-electron chi connectivity index (χ0n) is 12.8. The van der Waals surface area contributed by atoms with Crippen LogP contribution in [0.4, 0.5) is 4.39 Å². The molecule has 2 aromatic rings. The molecular formula is C17H22FN3O. The molecule has 0 spiro atoms. The summed E-state index contributed by atoms with van der Waals surface area (Å²) in [7, 11) is 0. The SMILES string of the molecule is CCn1nccc1CCN1C[C@@H](O)C[C@@H]1c1ccc(F)cc1. The second-order valence-corrected chi connectivity index (χ2v) is 5.84. The summed E-state index contributed by atoms with van der Waals surface area (Å²) in [6, 6.07) is 8.83. The zero-order valence-corrected chi connectivity index (χ0v) is 12.8. The number of aliphatic hydroxyl groups is 1. The van der Waals surface area contributed by atoms with E-state index in [1.54, 1.807) is 0 Å². The molecule has 0 bridgehead atoms. The van der Waals surface area contributed by atoms with Crippen molar-refractivity contribution < 1.29 is 9.50 Å². The predicted molar refractivity (Wildman–Crippen MR) is 82.9 cm³/mol. The van der Waals surface area contributed by atoms with E-state index in [2.05, 4.69) is 16.9 Å². The molecule has 0 aliphatic carbocycles. The average Bonchev–Trinajstić information content (AvgIpc) is 3.11. The molecule has 118 valence electrons. The van der Waals surface area contributed by atoms with Gasteiger partial charge in [0.25, 0.3) is 0 Å². The summed E-state index contributed by atoms with van der Waals surface area (Å²) in [6.07, 6.45) is 3.12. The first-order valence-corrected chi connectivity index (χ1v) is 7.85. The highest BCUT2D eigenvalue weighted by Crippen LogP contribution is 2.32. The van der Waals surface area contributed by atoms with Crippen LogP contribution in [-0.4, -0.2) is 39.0 Å². The fraction of sp³-hybridized carbons (Fsp3) is 0.471. The standard InChI is InChI=1S/C17H22FN3O/c1-2-21-15(7-9-19-21)8-10-20-12-16(22)11-17(20)13-3-5-14(18)6-4-13/h3-7,9,16-17,22H,2,8,10-12H2,1H3/t16-,17+/m0/s1. The van der Waals surface area contributed by atoms with Crippen LogP contribution >= 0.6 is 0 Å². The second kappa shape index (κ2) is 6.58. The summed E-state index contributed by atoms with van der Waals surface area (Å²) >= 11 is 0. The third-order valence-corrected chi connectivity index (χ3v) is 4.40. The number of aromatic nitrogens is 2. The number of nitrogens with zero attached hydrogens (tertiary/aromatic N) is 3. The Kier molecular flexibility index (Phi) is 4.55. The Bertz CT molecular complexity index is 611. The first-order valence-electron chi connectivity index (χ1n) is 7.85. The number of hydrogen-bond acceptors (Lipinski definition) is 3. The van der Waals surface area contributed by atoms with Gasteiger partial charge >= 0.3 is 0 Å². The topological polar surface area (TPSA) is 41.3 Å². The smallest absolute Gasteiger partial charge is 0.123 e. The average molecular weight is 303 g/mol. The van der Waals surface area contributed by atoms with Crippen molar-refractivity contribution in [3.05, 3.63) is 53.6 Å². The Hall–Kier alpha value is -1.72. The van der Waals surface area contributed by atoms with E-state index in [9.17, 15) is 9.50 Å². The highest BCUT2D eigenvalue weighted by molar-refractivity contribution is 5.21. The minimum atomic E-state index is -0.314. The van der Waals surface area contributed by atoms with E-state index in [0.29, 0.717) is 13.0 Å². The van der Waals surface area contributed by atoms with Gasteiger partial charge in [0.2, 0.25) is 0 Å². The van der Waals surface area contributed by atoms with E-state index in [4.69, 9.17) is 0 Å². The van der Waals surface area contributed by atoms with Crippen molar-refractivity contribution >= 4 is 0 Å². The molecule has 1 aliphatic rings. The van der Waals surface area contributed by atoms with Crippen molar-refractivity contribution in [2.75, 3.05) is 13.1 Å². The van der Waals surface area contributed by atoms with Crippen LogP contribution in [0.3, 0.4) is 0 Å². The first kappa shape index (κ1) is 15.2. The molecule has 22 heavy (non-hydrogen) atoms. The summed E-state index contributed by atoms with van der Waals surface area (Å²) < 4.78 is 15.1. The lowest BCUT2D eigenvalue weighted by Gasteiger charge is -2.24. The van der Waals surface area contributed by atoms with Gasteiger partial charge in [0.1, 0.15) is 5.82 Å². The maximum atomic E-state index is 13.1. The first-order chi connectivity index (χ1) is 10.7. The van der Waals surface area contributed by atoms with Crippen LogP contribution in [0, 0.1) is 5.82 Å². The van der Waals surface area contributed by atoms with Gasteiger partial charge in [-0.25, -0.2) is 4.39 Å². The van der Waals surface area contributed by atoms with Crippen molar-refractivity contribution in [2.24, 2.45) is 0 Å². The van der Waals surface area contributed by atoms with Crippen LogP contribution in [-0.2, 0) is 13.0 Å². The molecule has 2 atom stereocenters. The number of hydrogen-bond donors (Lipinski definition) is 1. The molecule has 1 aromatic carbocycles. The number of benzene rings is 1. The van der Waals surface area contributed by atoms with Crippen molar-refractivity contribution in [3.8, 4) is 0 Å². The Morgan fingerprint density at radius 3 is 2.77 bits per heavy atom. The maximum Gasteiger partial charge on any atom is 0.123 e. The van der Waals surface area contributed by atoms with Gasteiger partial charge in [-0.3, -0.25) is 9.58 Å². The maximum absolute atomic E-state index is 13.1. The minimum absolute atomic E-state index is 0.161. The molecule has 0 saturated carbocycles. The summed E-state index contributed by atoms with van der Waals surface area (Å²) in [4.78, 5) is 2.28. The number of β-amino-alcohol motifs (C(OH)–C–C–N with tert-alkyl or cyclic N) is 1. The highest BCUT2D eigenvalue weighted by Gasteiger charge is 2.31. The van der Waals surface area contributed by atoms with Gasteiger partial charge < -0.3 is 5.11 Å². The third kappa shape index (κ3) is 3.20. The van der Waals surface area contributed by atoms with Gasteiger partial charge in [-0.15, -0.1) is 0 Å². The van der Waals surface area contributed by atoms with Crippen LogP contribution in [0.15, 0.2) is 36.5 Å². The molecule has 4 nitrogen and oxygen atoms in total. The molecule has 1 aromatic heterocycles. The van der Waals surface area contributed by atoms with Gasteiger partial charge in [-0.05, 0) is 37.1 Å². The van der Waals surface area contributed by atoms with Gasteiger partial charge in [0, 0.05) is 44.0 Å². The largest absolute Gasteiger partial charge is 0.392 e. The predicted octanol–water partition coefficient (Wildman–Crippen LogP) is 2.39. The van der Waals surface area contributed by atoms with E-state index in [-0.39, 0.29) is 18.0 Å². The van der Waals surface area contributed by atoms with E-state index in [1.165, 1.54) is 17.8 Å². The van der Waals surface area contributed by atoms with Gasteiger partial charge in [-0.1, -0.05) is 12.1 Å². The van der Waals surface area contributed by atoms with Crippen LogP contribution in [0.25, 0.3) is 0 Å². The van der Waals surface area contributed by atoms with E-state index in [0.717, 1.165) is 25.1 Å². The molecule has 5 heteroatoms. The molecule has 1 fully saturated rings. The fourth-order valence-electron chi connectivity index (χ4n) is 3.27. The summed E-state index contributed by atoms with van der Waals surface area (Å²) in [5.74, 6) is -0.222. The summed E-state index contributed by atoms with van der Waals surface area (Å²) in [5, 5.41) is 14.3. The second-order valence-electron chi connectivity index (χ2n) is 5.84. The summed E-state index contributed by atoms with van der Waals surface area (Å²) in [5.41, 5.74) is 2.28. The lowest BCUT2D eigenvalue weighted by atomic mass is 10.0. The molecular weight excluding hydrogens is 281 g/mol. The molecule has 3 rings (SSSR count). The van der Waals surface area contributed by atoms with Crippen LogP contribution in [0.5, 0.6) is 0 Å². The van der Waals surface area contributed by atoms with Gasteiger partial charge in [-0.2, -0.15) is 5.10 Å². The van der Waals surface area contributed by atoms with Crippen LogP contribution in [0.1, 0.15) is 30.6 Å². The molecule has 1 saturated heterocycles. The number of aryl methyl sites for hydroxylation is 1. The fourth-order valence-corrected chi connectivity index (χ4v) is 3.27. The van der Waals surface area contributed by atoms with Crippen LogP contribution < -0.4 is 0 Å². The minimum Gasteiger partial charge on any atom is -0.392 e. The van der Waals surface area contributed by atoms with Crippen molar-refractivity contribution in [1.82, 2.24) is 14.7 Å². The monoisotopic (exact) mass is 303 g/mol. The van der Waals surface area contributed by atoms with Crippen molar-refractivity contribution in [1.29, 1.82) is 0 Å².